The van der Waals surface area contributed by atoms with Gasteiger partial charge in [-0.25, -0.2) is 4.98 Å². The van der Waals surface area contributed by atoms with Crippen molar-refractivity contribution in [2.45, 2.75) is 13.0 Å². The van der Waals surface area contributed by atoms with Crippen LogP contribution in [0, 0.1) is 0 Å². The van der Waals surface area contributed by atoms with Gasteiger partial charge in [0.05, 0.1) is 20.8 Å². The van der Waals surface area contributed by atoms with Gasteiger partial charge >= 0.3 is 0 Å². The molecular formula is C14H19N3O2. The van der Waals surface area contributed by atoms with Crippen LogP contribution in [0.1, 0.15) is 11.4 Å². The van der Waals surface area contributed by atoms with Gasteiger partial charge in [0.1, 0.15) is 17.3 Å². The molecule has 0 fully saturated rings. The molecule has 0 aliphatic carbocycles. The molecule has 1 aromatic heterocycles. The summed E-state index contributed by atoms with van der Waals surface area (Å²) in [7, 11) is 3.30. The van der Waals surface area contributed by atoms with E-state index in [4.69, 9.17) is 15.2 Å². The number of nitrogens with two attached hydrogens (primary N) is 1. The summed E-state index contributed by atoms with van der Waals surface area (Å²) in [6.45, 7) is 1.30. The Labute approximate surface area is 113 Å². The Bertz CT molecular complexity index is 537. The highest BCUT2D eigenvalue weighted by molar-refractivity contribution is 5.41. The van der Waals surface area contributed by atoms with Crippen molar-refractivity contribution in [1.29, 1.82) is 0 Å². The van der Waals surface area contributed by atoms with E-state index >= 15 is 0 Å². The van der Waals surface area contributed by atoms with E-state index in [0.29, 0.717) is 13.1 Å². The number of hydrogen-bond acceptors (Lipinski definition) is 4. The molecule has 0 radical (unpaired) electrons. The Morgan fingerprint density at radius 3 is 2.79 bits per heavy atom. The molecule has 5 heteroatoms. The third-order valence-corrected chi connectivity index (χ3v) is 3.00. The average Bonchev–Trinajstić information content (AvgIpc) is 2.87. The van der Waals surface area contributed by atoms with E-state index in [0.717, 1.165) is 29.3 Å². The minimum atomic E-state index is 0.594. The zero-order valence-electron chi connectivity index (χ0n) is 11.3. The van der Waals surface area contributed by atoms with Gasteiger partial charge in [-0.3, -0.25) is 0 Å². The van der Waals surface area contributed by atoms with Crippen molar-refractivity contribution in [3.63, 3.8) is 0 Å². The molecule has 0 saturated carbocycles. The fraction of sp³-hybridized carbons (Fsp3) is 0.357. The number of methoxy groups -OCH3 is 2. The van der Waals surface area contributed by atoms with E-state index in [9.17, 15) is 0 Å². The van der Waals surface area contributed by atoms with Crippen molar-refractivity contribution in [3.8, 4) is 11.5 Å². The first-order chi connectivity index (χ1) is 9.28. The van der Waals surface area contributed by atoms with Crippen molar-refractivity contribution >= 4 is 0 Å². The van der Waals surface area contributed by atoms with E-state index in [2.05, 4.69) is 9.55 Å². The predicted molar refractivity (Wildman–Crippen MR) is 73.6 cm³/mol. The quantitative estimate of drug-likeness (QED) is 0.855. The average molecular weight is 261 g/mol. The van der Waals surface area contributed by atoms with Gasteiger partial charge in [0.2, 0.25) is 0 Å². The fourth-order valence-corrected chi connectivity index (χ4v) is 2.01. The van der Waals surface area contributed by atoms with Crippen LogP contribution in [0.3, 0.4) is 0 Å². The molecule has 2 rings (SSSR count). The molecule has 2 N–H and O–H groups in total. The maximum atomic E-state index is 5.58. The fourth-order valence-electron chi connectivity index (χ4n) is 2.01. The molecule has 0 aliphatic rings. The summed E-state index contributed by atoms with van der Waals surface area (Å²) in [4.78, 5) is 4.31. The molecule has 0 aliphatic heterocycles. The van der Waals surface area contributed by atoms with Crippen molar-refractivity contribution in [1.82, 2.24) is 9.55 Å². The summed E-state index contributed by atoms with van der Waals surface area (Å²) >= 11 is 0. The molecule has 1 heterocycles. The minimum Gasteiger partial charge on any atom is -0.497 e. The summed E-state index contributed by atoms with van der Waals surface area (Å²) in [6.07, 6.45) is 4.52. The lowest BCUT2D eigenvalue weighted by Crippen LogP contribution is -2.11. The molecule has 2 aromatic rings. The molecule has 0 spiro atoms. The van der Waals surface area contributed by atoms with Crippen LogP contribution in [-0.4, -0.2) is 30.3 Å². The number of aromatic nitrogens is 2. The Hall–Kier alpha value is -2.01. The van der Waals surface area contributed by atoms with Crippen molar-refractivity contribution in [3.05, 3.63) is 42.0 Å². The summed E-state index contributed by atoms with van der Waals surface area (Å²) in [5.41, 5.74) is 6.66. The Morgan fingerprint density at radius 2 is 2.11 bits per heavy atom. The van der Waals surface area contributed by atoms with Crippen LogP contribution in [0.5, 0.6) is 11.5 Å². The number of imidazole rings is 1. The number of nitrogens with zero attached hydrogens (tertiary/aromatic N) is 2. The van der Waals surface area contributed by atoms with Crippen LogP contribution in [0.4, 0.5) is 0 Å². The van der Waals surface area contributed by atoms with Gasteiger partial charge in [-0.05, 0) is 18.7 Å². The predicted octanol–water partition coefficient (Wildman–Crippen LogP) is 1.45. The van der Waals surface area contributed by atoms with E-state index < -0.39 is 0 Å². The lowest BCUT2D eigenvalue weighted by atomic mass is 10.2. The second-order valence-electron chi connectivity index (χ2n) is 4.19. The van der Waals surface area contributed by atoms with Crippen molar-refractivity contribution in [2.24, 2.45) is 5.73 Å². The Balaban J connectivity index is 2.24. The molecule has 0 atom stereocenters. The lowest BCUT2D eigenvalue weighted by Gasteiger charge is -2.12. The van der Waals surface area contributed by atoms with Crippen LogP contribution in [-0.2, 0) is 13.0 Å². The third-order valence-electron chi connectivity index (χ3n) is 3.00. The molecule has 0 unspecified atom stereocenters. The Morgan fingerprint density at radius 1 is 1.26 bits per heavy atom. The lowest BCUT2D eigenvalue weighted by molar-refractivity contribution is 0.390. The van der Waals surface area contributed by atoms with Crippen molar-refractivity contribution in [2.75, 3.05) is 20.8 Å². The zero-order valence-corrected chi connectivity index (χ0v) is 11.3. The van der Waals surface area contributed by atoms with Crippen LogP contribution in [0.25, 0.3) is 0 Å². The van der Waals surface area contributed by atoms with Crippen LogP contribution in [0.15, 0.2) is 30.6 Å². The second-order valence-corrected chi connectivity index (χ2v) is 4.19. The molecule has 1 aromatic carbocycles. The van der Waals surface area contributed by atoms with Gasteiger partial charge in [-0.15, -0.1) is 0 Å². The monoisotopic (exact) mass is 261 g/mol. The first kappa shape index (κ1) is 13.4. The number of ether oxygens (including phenoxy) is 2. The molecule has 0 saturated heterocycles. The highest BCUT2D eigenvalue weighted by Gasteiger charge is 2.08. The largest absolute Gasteiger partial charge is 0.497 e. The second kappa shape index (κ2) is 6.24. The van der Waals surface area contributed by atoms with Gasteiger partial charge < -0.3 is 19.8 Å². The van der Waals surface area contributed by atoms with Gasteiger partial charge in [-0.2, -0.15) is 0 Å². The van der Waals surface area contributed by atoms with Gasteiger partial charge in [0, 0.05) is 30.4 Å². The summed E-state index contributed by atoms with van der Waals surface area (Å²) in [5.74, 6) is 2.58. The molecular weight excluding hydrogens is 242 g/mol. The molecule has 0 amide bonds. The molecule has 5 nitrogen and oxygen atoms in total. The maximum Gasteiger partial charge on any atom is 0.127 e. The van der Waals surface area contributed by atoms with Crippen molar-refractivity contribution < 1.29 is 9.47 Å². The molecule has 0 bridgehead atoms. The van der Waals surface area contributed by atoms with Gasteiger partial charge in [0.15, 0.2) is 0 Å². The zero-order chi connectivity index (χ0) is 13.7. The standard InChI is InChI=1S/C14H19N3O2/c1-18-12-4-3-11(13(9-12)19-2)10-17-8-7-16-14(17)5-6-15/h3-4,7-9H,5-6,10,15H2,1-2H3. The number of hydrogen-bond donors (Lipinski definition) is 1. The van der Waals surface area contributed by atoms with Gasteiger partial charge in [-0.1, -0.05) is 0 Å². The first-order valence-electron chi connectivity index (χ1n) is 6.19. The van der Waals surface area contributed by atoms with Crippen LogP contribution in [0.2, 0.25) is 0 Å². The Kier molecular flexibility index (Phi) is 4.41. The van der Waals surface area contributed by atoms with Gasteiger partial charge in [0.25, 0.3) is 0 Å². The minimum absolute atomic E-state index is 0.594. The highest BCUT2D eigenvalue weighted by Crippen LogP contribution is 2.25. The maximum absolute atomic E-state index is 5.58. The normalized spacial score (nSPS) is 10.5. The molecule has 19 heavy (non-hydrogen) atoms. The third kappa shape index (κ3) is 3.06. The van der Waals surface area contributed by atoms with Crippen LogP contribution < -0.4 is 15.2 Å². The summed E-state index contributed by atoms with van der Waals surface area (Å²) in [5, 5.41) is 0. The van der Waals surface area contributed by atoms with Crippen LogP contribution >= 0.6 is 0 Å². The van der Waals surface area contributed by atoms with E-state index in [1.165, 1.54) is 0 Å². The summed E-state index contributed by atoms with van der Waals surface area (Å²) < 4.78 is 12.7. The molecule has 102 valence electrons. The highest BCUT2D eigenvalue weighted by atomic mass is 16.5. The van der Waals surface area contributed by atoms with E-state index in [1.54, 1.807) is 20.4 Å². The topological polar surface area (TPSA) is 62.3 Å². The summed E-state index contributed by atoms with van der Waals surface area (Å²) in [6, 6.07) is 5.82. The first-order valence-corrected chi connectivity index (χ1v) is 6.19. The van der Waals surface area contributed by atoms with E-state index in [-0.39, 0.29) is 0 Å². The van der Waals surface area contributed by atoms with E-state index in [1.807, 2.05) is 24.4 Å². The number of rotatable bonds is 6. The smallest absolute Gasteiger partial charge is 0.127 e. The number of benzene rings is 1. The SMILES string of the molecule is COc1ccc(Cn2ccnc2CCN)c(OC)c1.